The second kappa shape index (κ2) is 7.76. The highest BCUT2D eigenvalue weighted by Gasteiger charge is 2.38. The Morgan fingerprint density at radius 2 is 1.66 bits per heavy atom. The molecule has 1 aromatic heterocycles. The molecule has 1 spiro atoms. The van der Waals surface area contributed by atoms with E-state index in [1.807, 2.05) is 0 Å². The predicted molar refractivity (Wildman–Crippen MR) is 111 cm³/mol. The Hall–Kier alpha value is -3.15. The zero-order valence-electron chi connectivity index (χ0n) is 17.0. The van der Waals surface area contributed by atoms with E-state index in [9.17, 15) is 18.0 Å². The molecule has 2 aromatic carbocycles. The number of hydrogen-bond donors (Lipinski definition) is 0. The van der Waals surface area contributed by atoms with Gasteiger partial charge < -0.3 is 9.47 Å². The molecular weight excluding hydrogens is 421 g/mol. The minimum atomic E-state index is -4.38. The van der Waals surface area contributed by atoms with Crippen LogP contribution in [0.5, 0.6) is 0 Å². The van der Waals surface area contributed by atoms with E-state index in [1.54, 1.807) is 22.8 Å². The number of ether oxygens (including phenoxy) is 2. The lowest BCUT2D eigenvalue weighted by molar-refractivity contribution is -0.165. The van der Waals surface area contributed by atoms with E-state index >= 15 is 0 Å². The summed E-state index contributed by atoms with van der Waals surface area (Å²) in [5.41, 5.74) is 0.818. The Kier molecular flexibility index (Phi) is 5.03. The molecule has 32 heavy (non-hydrogen) atoms. The average molecular weight is 440 g/mol. The van der Waals surface area contributed by atoms with Crippen molar-refractivity contribution in [2.24, 2.45) is 0 Å². The number of fused-ring (bicyclic) bond motifs is 2. The molecule has 0 aliphatic carbocycles. The smallest absolute Gasteiger partial charge is 0.347 e. The van der Waals surface area contributed by atoms with Gasteiger partial charge in [0.25, 0.3) is 5.56 Å². The van der Waals surface area contributed by atoms with Crippen LogP contribution in [0.4, 0.5) is 13.2 Å². The van der Waals surface area contributed by atoms with Crippen molar-refractivity contribution < 1.29 is 22.6 Å². The fraction of sp³-hybridized carbons (Fsp3) is 0.333. The third kappa shape index (κ3) is 3.90. The first-order valence-corrected chi connectivity index (χ1v) is 10.3. The molecule has 0 atom stereocenters. The zero-order chi connectivity index (χ0) is 22.3. The van der Waals surface area contributed by atoms with E-state index in [0.29, 0.717) is 66.9 Å². The summed E-state index contributed by atoms with van der Waals surface area (Å²) in [6.45, 7) is 1.59. The molecule has 5 rings (SSSR count). The first kappa shape index (κ1) is 20.7. The number of nitrogens with zero attached hydrogens (tertiary/aromatic N) is 2. The number of alkyl halides is 3. The normalized spacial score (nSPS) is 17.6. The topological polar surface area (TPSA) is 53.4 Å². The van der Waals surface area contributed by atoms with Gasteiger partial charge in [0.15, 0.2) is 5.79 Å². The first-order chi connectivity index (χ1) is 15.3. The number of aryl methyl sites for hydroxylation is 1. The minimum Gasteiger partial charge on any atom is -0.347 e. The van der Waals surface area contributed by atoms with E-state index < -0.39 is 17.5 Å². The molecule has 0 N–H and O–H groups in total. The van der Waals surface area contributed by atoms with Gasteiger partial charge in [0.2, 0.25) is 0 Å². The van der Waals surface area contributed by atoms with Crippen molar-refractivity contribution in [1.82, 2.24) is 9.55 Å². The minimum absolute atomic E-state index is 0.109. The van der Waals surface area contributed by atoms with Crippen molar-refractivity contribution in [3.8, 4) is 11.8 Å². The molecule has 3 aromatic rings. The first-order valence-electron chi connectivity index (χ1n) is 10.3. The van der Waals surface area contributed by atoms with Crippen LogP contribution in [0.3, 0.4) is 0 Å². The van der Waals surface area contributed by atoms with Crippen LogP contribution in [-0.4, -0.2) is 28.6 Å². The number of halogens is 3. The van der Waals surface area contributed by atoms with Gasteiger partial charge >= 0.3 is 6.18 Å². The fourth-order valence-corrected chi connectivity index (χ4v) is 4.15. The maximum atomic E-state index is 13.0. The van der Waals surface area contributed by atoms with Crippen molar-refractivity contribution in [2.45, 2.75) is 37.8 Å². The van der Waals surface area contributed by atoms with Crippen LogP contribution in [0.25, 0.3) is 10.9 Å². The van der Waals surface area contributed by atoms with Gasteiger partial charge in [-0.2, -0.15) is 13.2 Å². The van der Waals surface area contributed by atoms with Crippen molar-refractivity contribution in [3.05, 3.63) is 75.3 Å². The number of aromatic nitrogens is 2. The van der Waals surface area contributed by atoms with E-state index in [0.717, 1.165) is 12.1 Å². The Balaban J connectivity index is 1.44. The van der Waals surface area contributed by atoms with E-state index in [-0.39, 0.29) is 5.56 Å². The highest BCUT2D eigenvalue weighted by Crippen LogP contribution is 2.32. The van der Waals surface area contributed by atoms with Gasteiger partial charge in [-0.25, -0.2) is 4.98 Å². The Bertz CT molecular complexity index is 1290. The maximum absolute atomic E-state index is 13.0. The van der Waals surface area contributed by atoms with Gasteiger partial charge in [-0.15, -0.1) is 0 Å². The van der Waals surface area contributed by atoms with Crippen LogP contribution in [0.1, 0.15) is 35.4 Å². The summed E-state index contributed by atoms with van der Waals surface area (Å²) in [7, 11) is 0. The van der Waals surface area contributed by atoms with Crippen molar-refractivity contribution in [1.29, 1.82) is 0 Å². The summed E-state index contributed by atoms with van der Waals surface area (Å²) in [4.78, 5) is 17.8. The molecule has 0 bridgehead atoms. The Morgan fingerprint density at radius 1 is 0.969 bits per heavy atom. The van der Waals surface area contributed by atoms with Crippen molar-refractivity contribution in [2.75, 3.05) is 13.2 Å². The van der Waals surface area contributed by atoms with Crippen LogP contribution in [0.15, 0.2) is 47.3 Å². The quantitative estimate of drug-likeness (QED) is 0.498. The molecule has 2 aliphatic rings. The van der Waals surface area contributed by atoms with Gasteiger partial charge in [-0.05, 0) is 42.5 Å². The monoisotopic (exact) mass is 440 g/mol. The van der Waals surface area contributed by atoms with E-state index in [4.69, 9.17) is 14.5 Å². The number of benzene rings is 2. The van der Waals surface area contributed by atoms with Gasteiger partial charge in [0.05, 0.1) is 29.7 Å². The van der Waals surface area contributed by atoms with E-state index in [1.165, 1.54) is 12.1 Å². The summed E-state index contributed by atoms with van der Waals surface area (Å²) in [6, 6.07) is 9.83. The summed E-state index contributed by atoms with van der Waals surface area (Å²) in [5.74, 6) is 5.86. The molecule has 1 fully saturated rings. The van der Waals surface area contributed by atoms with Crippen molar-refractivity contribution in [3.63, 3.8) is 0 Å². The third-order valence-corrected chi connectivity index (χ3v) is 5.86. The highest BCUT2D eigenvalue weighted by molar-refractivity contribution is 5.79. The summed E-state index contributed by atoms with van der Waals surface area (Å²) < 4.78 is 51.4. The molecular formula is C24H19F3N2O3. The standard InChI is InChI=1S/C24H19F3N2O3/c25-24(26,27)18-6-3-16(4-7-18)1-2-17-5-8-19-20(15-17)28-21-9-10-23(31-13-14-32-23)11-12-29(21)22(19)30/h3-8,15H,9-14H2. The second-order valence-corrected chi connectivity index (χ2v) is 7.90. The largest absolute Gasteiger partial charge is 0.416 e. The highest BCUT2D eigenvalue weighted by atomic mass is 19.4. The molecule has 5 nitrogen and oxygen atoms in total. The molecule has 0 unspecified atom stereocenters. The third-order valence-electron chi connectivity index (χ3n) is 5.86. The molecule has 0 saturated carbocycles. The van der Waals surface area contributed by atoms with Gasteiger partial charge in [-0.3, -0.25) is 9.36 Å². The predicted octanol–water partition coefficient (Wildman–Crippen LogP) is 3.89. The summed E-state index contributed by atoms with van der Waals surface area (Å²) in [5, 5.41) is 0.498. The van der Waals surface area contributed by atoms with Crippen LogP contribution in [0, 0.1) is 11.8 Å². The number of hydrogen-bond acceptors (Lipinski definition) is 4. The van der Waals surface area contributed by atoms with Gasteiger partial charge in [-0.1, -0.05) is 11.8 Å². The fourth-order valence-electron chi connectivity index (χ4n) is 4.15. The van der Waals surface area contributed by atoms with Crippen LogP contribution in [0.2, 0.25) is 0 Å². The summed E-state index contributed by atoms with van der Waals surface area (Å²) in [6.07, 6.45) is -2.58. The van der Waals surface area contributed by atoms with Gasteiger partial charge in [0.1, 0.15) is 5.82 Å². The lowest BCUT2D eigenvalue weighted by Gasteiger charge is -2.24. The van der Waals surface area contributed by atoms with Crippen LogP contribution < -0.4 is 5.56 Å². The molecule has 1 saturated heterocycles. The zero-order valence-corrected chi connectivity index (χ0v) is 17.0. The maximum Gasteiger partial charge on any atom is 0.416 e. The average Bonchev–Trinajstić information content (AvgIpc) is 3.16. The Labute approximate surface area is 181 Å². The summed E-state index contributed by atoms with van der Waals surface area (Å²) >= 11 is 0. The molecule has 164 valence electrons. The molecule has 8 heteroatoms. The SMILES string of the molecule is O=c1c2ccc(C#Cc3ccc(C(F)(F)F)cc3)cc2nc2n1CCC1(CC2)OCCO1. The Morgan fingerprint density at radius 3 is 2.38 bits per heavy atom. The van der Waals surface area contributed by atoms with Crippen molar-refractivity contribution >= 4 is 10.9 Å². The van der Waals surface area contributed by atoms with E-state index in [2.05, 4.69) is 11.8 Å². The molecule has 0 amide bonds. The lowest BCUT2D eigenvalue weighted by Crippen LogP contribution is -2.31. The van der Waals surface area contributed by atoms with Crippen LogP contribution in [-0.2, 0) is 28.6 Å². The molecule has 2 aliphatic heterocycles. The number of rotatable bonds is 0. The van der Waals surface area contributed by atoms with Crippen LogP contribution >= 0.6 is 0 Å². The van der Waals surface area contributed by atoms with Gasteiger partial charge in [0, 0.05) is 36.9 Å². The lowest BCUT2D eigenvalue weighted by atomic mass is 10.1. The second-order valence-electron chi connectivity index (χ2n) is 7.90. The molecule has 3 heterocycles. The molecule has 0 radical (unpaired) electrons.